The van der Waals surface area contributed by atoms with Crippen molar-refractivity contribution < 1.29 is 0 Å². The second kappa shape index (κ2) is 3.47. The van der Waals surface area contributed by atoms with Crippen LogP contribution in [-0.2, 0) is 12.5 Å². The van der Waals surface area contributed by atoms with Crippen molar-refractivity contribution in [1.82, 2.24) is 9.55 Å². The van der Waals surface area contributed by atoms with Crippen molar-refractivity contribution in [1.29, 1.82) is 0 Å². The molecule has 4 nitrogen and oxygen atoms in total. The summed E-state index contributed by atoms with van der Waals surface area (Å²) in [4.78, 5) is 14.4. The van der Waals surface area contributed by atoms with Gasteiger partial charge in [0.1, 0.15) is 0 Å². The van der Waals surface area contributed by atoms with E-state index in [0.717, 1.165) is 23.9 Å². The Morgan fingerprint density at radius 1 is 1.47 bits per heavy atom. The maximum atomic E-state index is 11.5. The van der Waals surface area contributed by atoms with E-state index in [1.54, 1.807) is 11.6 Å². The first-order chi connectivity index (χ1) is 8.16. The van der Waals surface area contributed by atoms with E-state index in [1.165, 1.54) is 12.0 Å². The minimum Gasteiger partial charge on any atom is -0.330 e. The van der Waals surface area contributed by atoms with Crippen LogP contribution in [0.2, 0.25) is 0 Å². The molecule has 2 aromatic rings. The number of hydrogen-bond acceptors (Lipinski definition) is 2. The number of H-pyrrole nitrogens is 1. The zero-order valence-electron chi connectivity index (χ0n) is 9.99. The number of imidazole rings is 1. The molecule has 0 atom stereocenters. The van der Waals surface area contributed by atoms with Crippen molar-refractivity contribution in [3.63, 3.8) is 0 Å². The highest BCUT2D eigenvalue weighted by molar-refractivity contribution is 5.76. The third kappa shape index (κ3) is 1.37. The summed E-state index contributed by atoms with van der Waals surface area (Å²) in [6.07, 6.45) is 3.57. The van der Waals surface area contributed by atoms with Gasteiger partial charge < -0.3 is 10.7 Å². The summed E-state index contributed by atoms with van der Waals surface area (Å²) in [6, 6.07) is 6.21. The molecule has 1 fully saturated rings. The first kappa shape index (κ1) is 10.6. The average Bonchev–Trinajstić information content (AvgIpc) is 2.54. The molecule has 1 aromatic heterocycles. The van der Waals surface area contributed by atoms with Gasteiger partial charge in [0.25, 0.3) is 0 Å². The van der Waals surface area contributed by atoms with Crippen LogP contribution in [0.15, 0.2) is 23.0 Å². The molecule has 1 aliphatic rings. The number of aryl methyl sites for hydroxylation is 1. The Morgan fingerprint density at radius 3 is 2.82 bits per heavy atom. The van der Waals surface area contributed by atoms with E-state index in [2.05, 4.69) is 17.1 Å². The highest BCUT2D eigenvalue weighted by Gasteiger charge is 2.37. The van der Waals surface area contributed by atoms with Crippen molar-refractivity contribution in [2.45, 2.75) is 24.7 Å². The van der Waals surface area contributed by atoms with E-state index in [4.69, 9.17) is 5.73 Å². The Bertz CT molecular complexity index is 614. The fraction of sp³-hybridized carbons (Fsp3) is 0.462. The number of nitrogens with one attached hydrogen (secondary N) is 1. The van der Waals surface area contributed by atoms with Crippen LogP contribution in [0, 0.1) is 0 Å². The number of nitrogens with two attached hydrogens (primary N) is 1. The fourth-order valence-electron chi connectivity index (χ4n) is 2.78. The smallest absolute Gasteiger partial charge is 0.326 e. The second-order valence-corrected chi connectivity index (χ2v) is 5.06. The summed E-state index contributed by atoms with van der Waals surface area (Å²) in [5, 5.41) is 0. The van der Waals surface area contributed by atoms with E-state index in [9.17, 15) is 4.79 Å². The van der Waals surface area contributed by atoms with E-state index >= 15 is 0 Å². The van der Waals surface area contributed by atoms with Crippen molar-refractivity contribution in [3.05, 3.63) is 34.2 Å². The molecule has 0 unspecified atom stereocenters. The van der Waals surface area contributed by atoms with Gasteiger partial charge in [-0.2, -0.15) is 0 Å². The monoisotopic (exact) mass is 231 g/mol. The Hall–Kier alpha value is -1.55. The molecule has 3 N–H and O–H groups in total. The highest BCUT2D eigenvalue weighted by Crippen LogP contribution is 2.43. The molecule has 4 heteroatoms. The number of fused-ring (bicyclic) bond motifs is 1. The molecule has 17 heavy (non-hydrogen) atoms. The van der Waals surface area contributed by atoms with Crippen LogP contribution in [0.4, 0.5) is 0 Å². The molecule has 0 aliphatic heterocycles. The minimum absolute atomic E-state index is 0.0624. The van der Waals surface area contributed by atoms with E-state index < -0.39 is 0 Å². The lowest BCUT2D eigenvalue weighted by atomic mass is 9.64. The number of aromatic nitrogens is 2. The normalized spacial score (nSPS) is 18.2. The van der Waals surface area contributed by atoms with Gasteiger partial charge in [0.15, 0.2) is 0 Å². The third-order valence-electron chi connectivity index (χ3n) is 4.22. The highest BCUT2D eigenvalue weighted by atomic mass is 16.1. The molecule has 1 aromatic carbocycles. The summed E-state index contributed by atoms with van der Waals surface area (Å²) >= 11 is 0. The SMILES string of the molecule is Cn1c(=O)[nH]c2cc(C3(CN)CCC3)ccc21. The predicted molar refractivity (Wildman–Crippen MR) is 68.1 cm³/mol. The van der Waals surface area contributed by atoms with Gasteiger partial charge >= 0.3 is 5.69 Å². The zero-order chi connectivity index (χ0) is 12.0. The molecule has 3 rings (SSSR count). The molecule has 0 radical (unpaired) electrons. The predicted octanol–water partition coefficient (Wildman–Crippen LogP) is 1.25. The van der Waals surface area contributed by atoms with Crippen molar-refractivity contribution in [2.75, 3.05) is 6.54 Å². The second-order valence-electron chi connectivity index (χ2n) is 5.06. The lowest BCUT2D eigenvalue weighted by molar-refractivity contribution is 0.253. The maximum Gasteiger partial charge on any atom is 0.326 e. The molecule has 1 saturated carbocycles. The van der Waals surface area contributed by atoms with E-state index in [0.29, 0.717) is 6.54 Å². The average molecular weight is 231 g/mol. The topological polar surface area (TPSA) is 63.8 Å². The lowest BCUT2D eigenvalue weighted by Gasteiger charge is -2.41. The van der Waals surface area contributed by atoms with Crippen molar-refractivity contribution >= 4 is 11.0 Å². The summed E-state index contributed by atoms with van der Waals surface area (Å²) in [7, 11) is 1.78. The first-order valence-corrected chi connectivity index (χ1v) is 6.06. The zero-order valence-corrected chi connectivity index (χ0v) is 9.99. The summed E-state index contributed by atoms with van der Waals surface area (Å²) in [5.41, 5.74) is 9.12. The van der Waals surface area contributed by atoms with Gasteiger partial charge in [0.05, 0.1) is 11.0 Å². The molecule has 0 bridgehead atoms. The number of rotatable bonds is 2. The molecular formula is C13H17N3O. The number of aromatic amines is 1. The summed E-state index contributed by atoms with van der Waals surface area (Å²) < 4.78 is 1.63. The van der Waals surface area contributed by atoms with Gasteiger partial charge in [-0.05, 0) is 30.5 Å². The van der Waals surface area contributed by atoms with Crippen LogP contribution in [-0.4, -0.2) is 16.1 Å². The Labute approximate surface area is 99.4 Å². The molecule has 90 valence electrons. The number of hydrogen-bond donors (Lipinski definition) is 2. The van der Waals surface area contributed by atoms with Gasteiger partial charge in [-0.15, -0.1) is 0 Å². The molecular weight excluding hydrogens is 214 g/mol. The quantitative estimate of drug-likeness (QED) is 0.817. The van der Waals surface area contributed by atoms with Gasteiger partial charge in [-0.1, -0.05) is 12.5 Å². The summed E-state index contributed by atoms with van der Waals surface area (Å²) in [6.45, 7) is 0.690. The van der Waals surface area contributed by atoms with E-state index in [1.807, 2.05) is 6.07 Å². The van der Waals surface area contributed by atoms with Gasteiger partial charge in [-0.3, -0.25) is 4.57 Å². The van der Waals surface area contributed by atoms with Gasteiger partial charge in [0.2, 0.25) is 0 Å². The van der Waals surface area contributed by atoms with Crippen LogP contribution < -0.4 is 11.4 Å². The van der Waals surface area contributed by atoms with Crippen molar-refractivity contribution in [3.8, 4) is 0 Å². The van der Waals surface area contributed by atoms with Crippen LogP contribution in [0.5, 0.6) is 0 Å². The van der Waals surface area contributed by atoms with Crippen molar-refractivity contribution in [2.24, 2.45) is 12.8 Å². The number of nitrogens with zero attached hydrogens (tertiary/aromatic N) is 1. The molecule has 1 aliphatic carbocycles. The van der Waals surface area contributed by atoms with Crippen LogP contribution in [0.25, 0.3) is 11.0 Å². The van der Waals surface area contributed by atoms with Crippen LogP contribution >= 0.6 is 0 Å². The number of benzene rings is 1. The van der Waals surface area contributed by atoms with E-state index in [-0.39, 0.29) is 11.1 Å². The van der Waals surface area contributed by atoms with Crippen LogP contribution in [0.3, 0.4) is 0 Å². The van der Waals surface area contributed by atoms with Gasteiger partial charge in [-0.25, -0.2) is 4.79 Å². The Kier molecular flexibility index (Phi) is 2.16. The molecule has 1 heterocycles. The largest absolute Gasteiger partial charge is 0.330 e. The maximum absolute atomic E-state index is 11.5. The summed E-state index contributed by atoms with van der Waals surface area (Å²) in [5.74, 6) is 0. The fourth-order valence-corrected chi connectivity index (χ4v) is 2.78. The standard InChI is InChI=1S/C13H17N3O/c1-16-11-4-3-9(7-10(11)15-12(16)17)13(8-14)5-2-6-13/h3-4,7H,2,5-6,8,14H2,1H3,(H,15,17). The Balaban J connectivity index is 2.17. The minimum atomic E-state index is -0.0624. The van der Waals surface area contributed by atoms with Crippen LogP contribution in [0.1, 0.15) is 24.8 Å². The van der Waals surface area contributed by atoms with Gasteiger partial charge in [0, 0.05) is 19.0 Å². The Morgan fingerprint density at radius 2 is 2.24 bits per heavy atom. The molecule has 0 saturated heterocycles. The third-order valence-corrected chi connectivity index (χ3v) is 4.22. The molecule has 0 spiro atoms. The lowest BCUT2D eigenvalue weighted by Crippen LogP contribution is -2.41. The molecule has 0 amide bonds. The first-order valence-electron chi connectivity index (χ1n) is 6.06.